The SMILES string of the molecule is CCC(C)NCc1ccc2c(c1)NC(=O)CO2. The van der Waals surface area contributed by atoms with Crippen LogP contribution in [-0.4, -0.2) is 18.6 Å². The van der Waals surface area contributed by atoms with Crippen molar-refractivity contribution >= 4 is 11.6 Å². The minimum Gasteiger partial charge on any atom is -0.482 e. The molecule has 1 amide bonds. The van der Waals surface area contributed by atoms with Gasteiger partial charge in [-0.2, -0.15) is 0 Å². The van der Waals surface area contributed by atoms with Crippen LogP contribution in [0.4, 0.5) is 5.69 Å². The Morgan fingerprint density at radius 3 is 3.12 bits per heavy atom. The number of amides is 1. The molecule has 0 aromatic heterocycles. The van der Waals surface area contributed by atoms with Gasteiger partial charge in [0.1, 0.15) is 5.75 Å². The smallest absolute Gasteiger partial charge is 0.262 e. The summed E-state index contributed by atoms with van der Waals surface area (Å²) in [5.74, 6) is 0.654. The highest BCUT2D eigenvalue weighted by Crippen LogP contribution is 2.28. The highest BCUT2D eigenvalue weighted by Gasteiger charge is 2.15. The summed E-state index contributed by atoms with van der Waals surface area (Å²) in [4.78, 5) is 11.2. The van der Waals surface area contributed by atoms with Gasteiger partial charge in [0.2, 0.25) is 0 Å². The molecule has 0 saturated carbocycles. The molecule has 0 bridgehead atoms. The molecule has 1 atom stereocenters. The molecule has 0 saturated heterocycles. The fourth-order valence-corrected chi connectivity index (χ4v) is 1.68. The number of nitrogens with one attached hydrogen (secondary N) is 2. The molecular formula is C13H18N2O2. The van der Waals surface area contributed by atoms with Crippen LogP contribution < -0.4 is 15.4 Å². The lowest BCUT2D eigenvalue weighted by Crippen LogP contribution is -2.26. The first-order valence-corrected chi connectivity index (χ1v) is 5.98. The van der Waals surface area contributed by atoms with Gasteiger partial charge in [-0.25, -0.2) is 0 Å². The number of hydrogen-bond acceptors (Lipinski definition) is 3. The number of hydrogen-bond donors (Lipinski definition) is 2. The number of rotatable bonds is 4. The third kappa shape index (κ3) is 2.97. The molecule has 1 aliphatic heterocycles. The van der Waals surface area contributed by atoms with Gasteiger partial charge in [0.25, 0.3) is 5.91 Å². The summed E-state index contributed by atoms with van der Waals surface area (Å²) in [7, 11) is 0. The van der Waals surface area contributed by atoms with E-state index < -0.39 is 0 Å². The number of fused-ring (bicyclic) bond motifs is 1. The second-order valence-electron chi connectivity index (χ2n) is 4.36. The zero-order valence-corrected chi connectivity index (χ0v) is 10.2. The van der Waals surface area contributed by atoms with Crippen molar-refractivity contribution in [3.63, 3.8) is 0 Å². The van der Waals surface area contributed by atoms with Gasteiger partial charge < -0.3 is 15.4 Å². The van der Waals surface area contributed by atoms with Crippen molar-refractivity contribution in [2.45, 2.75) is 32.9 Å². The highest BCUT2D eigenvalue weighted by molar-refractivity contribution is 5.95. The summed E-state index contributed by atoms with van der Waals surface area (Å²) in [5.41, 5.74) is 1.92. The second-order valence-corrected chi connectivity index (χ2v) is 4.36. The molecule has 1 aromatic carbocycles. The Morgan fingerprint density at radius 2 is 2.35 bits per heavy atom. The van der Waals surface area contributed by atoms with Crippen LogP contribution in [0.25, 0.3) is 0 Å². The number of carbonyl (C=O) groups is 1. The summed E-state index contributed by atoms with van der Waals surface area (Å²) in [6, 6.07) is 6.38. The lowest BCUT2D eigenvalue weighted by Gasteiger charge is -2.19. The second kappa shape index (κ2) is 5.19. The van der Waals surface area contributed by atoms with E-state index in [1.807, 2.05) is 18.2 Å². The molecular weight excluding hydrogens is 216 g/mol. The van der Waals surface area contributed by atoms with Crippen LogP contribution in [0.1, 0.15) is 25.8 Å². The van der Waals surface area contributed by atoms with Crippen molar-refractivity contribution in [3.8, 4) is 5.75 Å². The molecule has 1 unspecified atom stereocenters. The van der Waals surface area contributed by atoms with Crippen molar-refractivity contribution in [1.29, 1.82) is 0 Å². The molecule has 0 aliphatic carbocycles. The molecule has 0 radical (unpaired) electrons. The number of anilines is 1. The molecule has 0 fully saturated rings. The molecule has 1 aromatic rings. The predicted molar refractivity (Wildman–Crippen MR) is 67.2 cm³/mol. The van der Waals surface area contributed by atoms with Gasteiger partial charge in [-0.1, -0.05) is 13.0 Å². The lowest BCUT2D eigenvalue weighted by atomic mass is 10.1. The van der Waals surface area contributed by atoms with Gasteiger partial charge in [-0.15, -0.1) is 0 Å². The molecule has 1 aliphatic rings. The van der Waals surface area contributed by atoms with Gasteiger partial charge >= 0.3 is 0 Å². The van der Waals surface area contributed by atoms with Gasteiger partial charge in [0, 0.05) is 12.6 Å². The maximum absolute atomic E-state index is 11.2. The maximum Gasteiger partial charge on any atom is 0.262 e. The first kappa shape index (κ1) is 11.9. The van der Waals surface area contributed by atoms with E-state index in [1.165, 1.54) is 0 Å². The average Bonchev–Trinajstić information content (AvgIpc) is 2.35. The third-order valence-corrected chi connectivity index (χ3v) is 2.94. The molecule has 1 heterocycles. The van der Waals surface area contributed by atoms with E-state index in [4.69, 9.17) is 4.74 Å². The van der Waals surface area contributed by atoms with Crippen molar-refractivity contribution in [3.05, 3.63) is 23.8 Å². The lowest BCUT2D eigenvalue weighted by molar-refractivity contribution is -0.118. The van der Waals surface area contributed by atoms with E-state index in [0.29, 0.717) is 6.04 Å². The van der Waals surface area contributed by atoms with E-state index >= 15 is 0 Å². The van der Waals surface area contributed by atoms with E-state index in [2.05, 4.69) is 24.5 Å². The number of carbonyl (C=O) groups excluding carboxylic acids is 1. The Bertz CT molecular complexity index is 418. The molecule has 2 N–H and O–H groups in total. The van der Waals surface area contributed by atoms with E-state index in [-0.39, 0.29) is 12.5 Å². The zero-order valence-electron chi connectivity index (χ0n) is 10.2. The fraction of sp³-hybridized carbons (Fsp3) is 0.462. The van der Waals surface area contributed by atoms with Gasteiger partial charge in [0.05, 0.1) is 5.69 Å². The Balaban J connectivity index is 2.05. The number of ether oxygens (including phenoxy) is 1. The van der Waals surface area contributed by atoms with Gasteiger partial charge in [-0.3, -0.25) is 4.79 Å². The monoisotopic (exact) mass is 234 g/mol. The quantitative estimate of drug-likeness (QED) is 0.836. The Morgan fingerprint density at radius 1 is 1.53 bits per heavy atom. The topological polar surface area (TPSA) is 50.4 Å². The maximum atomic E-state index is 11.2. The van der Waals surface area contributed by atoms with Gasteiger partial charge in [0.15, 0.2) is 6.61 Å². The van der Waals surface area contributed by atoms with Crippen LogP contribution in [0.3, 0.4) is 0 Å². The van der Waals surface area contributed by atoms with Crippen molar-refractivity contribution < 1.29 is 9.53 Å². The van der Waals surface area contributed by atoms with Crippen LogP contribution in [-0.2, 0) is 11.3 Å². The normalized spacial score (nSPS) is 15.8. The van der Waals surface area contributed by atoms with Crippen LogP contribution in [0.15, 0.2) is 18.2 Å². The van der Waals surface area contributed by atoms with Crippen LogP contribution in [0.2, 0.25) is 0 Å². The van der Waals surface area contributed by atoms with Crippen molar-refractivity contribution in [2.75, 3.05) is 11.9 Å². The third-order valence-electron chi connectivity index (χ3n) is 2.94. The molecule has 4 nitrogen and oxygen atoms in total. The fourth-order valence-electron chi connectivity index (χ4n) is 1.68. The number of benzene rings is 1. The molecule has 4 heteroatoms. The standard InChI is InChI=1S/C13H18N2O2/c1-3-9(2)14-7-10-4-5-12-11(6-10)15-13(16)8-17-12/h4-6,9,14H,3,7-8H2,1-2H3,(H,15,16). The zero-order chi connectivity index (χ0) is 12.3. The van der Waals surface area contributed by atoms with E-state index in [9.17, 15) is 4.79 Å². The summed E-state index contributed by atoms with van der Waals surface area (Å²) in [6.07, 6.45) is 1.10. The Kier molecular flexibility index (Phi) is 3.64. The average molecular weight is 234 g/mol. The Labute approximate surface area is 101 Å². The van der Waals surface area contributed by atoms with Crippen LogP contribution >= 0.6 is 0 Å². The first-order valence-electron chi connectivity index (χ1n) is 5.98. The largest absolute Gasteiger partial charge is 0.482 e. The van der Waals surface area contributed by atoms with E-state index in [1.54, 1.807) is 0 Å². The highest BCUT2D eigenvalue weighted by atomic mass is 16.5. The van der Waals surface area contributed by atoms with Crippen molar-refractivity contribution in [2.24, 2.45) is 0 Å². The predicted octanol–water partition coefficient (Wildman–Crippen LogP) is 1.91. The van der Waals surface area contributed by atoms with Crippen LogP contribution in [0.5, 0.6) is 5.75 Å². The molecule has 2 rings (SSSR count). The van der Waals surface area contributed by atoms with Crippen LogP contribution in [0, 0.1) is 0 Å². The van der Waals surface area contributed by atoms with E-state index in [0.717, 1.165) is 30.0 Å². The summed E-state index contributed by atoms with van der Waals surface area (Å²) in [6.45, 7) is 5.22. The molecule has 17 heavy (non-hydrogen) atoms. The minimum absolute atomic E-state index is 0.0930. The summed E-state index contributed by atoms with van der Waals surface area (Å²) < 4.78 is 5.31. The summed E-state index contributed by atoms with van der Waals surface area (Å²) >= 11 is 0. The Hall–Kier alpha value is -1.55. The minimum atomic E-state index is -0.0930. The first-order chi connectivity index (χ1) is 8.19. The molecule has 0 spiro atoms. The molecule has 92 valence electrons. The van der Waals surface area contributed by atoms with Crippen molar-refractivity contribution in [1.82, 2.24) is 5.32 Å². The van der Waals surface area contributed by atoms with Gasteiger partial charge in [-0.05, 0) is 31.0 Å². The summed E-state index contributed by atoms with van der Waals surface area (Å²) in [5, 5.41) is 6.22.